The lowest BCUT2D eigenvalue weighted by Crippen LogP contribution is -2.32. The van der Waals surface area contributed by atoms with Crippen LogP contribution in [0.15, 0.2) is 59.2 Å². The molecule has 0 radical (unpaired) electrons. The fraction of sp³-hybridized carbons (Fsp3) is 0.130. The number of aliphatic carboxylic acids is 1. The molecular formula is C23H17NO6. The van der Waals surface area contributed by atoms with Gasteiger partial charge < -0.3 is 14.8 Å². The van der Waals surface area contributed by atoms with E-state index in [0.29, 0.717) is 16.5 Å². The number of carbonyl (C=O) groups excluding carboxylic acids is 2. The maximum Gasteiger partial charge on any atom is 0.315 e. The predicted octanol–water partition coefficient (Wildman–Crippen LogP) is 3.05. The van der Waals surface area contributed by atoms with Crippen LogP contribution in [0, 0.1) is 5.92 Å². The monoisotopic (exact) mass is 403 g/mol. The van der Waals surface area contributed by atoms with Gasteiger partial charge in [-0.05, 0) is 30.2 Å². The number of pyridine rings is 1. The molecule has 0 aliphatic heterocycles. The first-order valence-corrected chi connectivity index (χ1v) is 9.23. The van der Waals surface area contributed by atoms with Gasteiger partial charge in [0.2, 0.25) is 5.78 Å². The molecule has 30 heavy (non-hydrogen) atoms. The zero-order valence-corrected chi connectivity index (χ0v) is 16.0. The van der Waals surface area contributed by atoms with Crippen molar-refractivity contribution >= 4 is 34.4 Å². The van der Waals surface area contributed by atoms with Crippen LogP contribution in [0.1, 0.15) is 22.8 Å². The Morgan fingerprint density at radius 2 is 1.77 bits per heavy atom. The number of hydrogen-bond donors (Lipinski definition) is 2. The molecule has 0 unspecified atom stereocenters. The summed E-state index contributed by atoms with van der Waals surface area (Å²) in [4.78, 5) is 48.9. The van der Waals surface area contributed by atoms with E-state index in [0.717, 1.165) is 17.1 Å². The fourth-order valence-corrected chi connectivity index (χ4v) is 3.78. The summed E-state index contributed by atoms with van der Waals surface area (Å²) >= 11 is 0. The third-order valence-electron chi connectivity index (χ3n) is 5.29. The number of carboxylic acids is 1. The van der Waals surface area contributed by atoms with Gasteiger partial charge in [0.05, 0.1) is 0 Å². The molecule has 1 aliphatic rings. The second-order valence-corrected chi connectivity index (χ2v) is 7.18. The van der Waals surface area contributed by atoms with E-state index >= 15 is 0 Å². The molecule has 1 heterocycles. The zero-order valence-electron chi connectivity index (χ0n) is 16.0. The van der Waals surface area contributed by atoms with Gasteiger partial charge >= 0.3 is 5.97 Å². The molecule has 1 aliphatic carbocycles. The van der Waals surface area contributed by atoms with Gasteiger partial charge in [0.25, 0.3) is 5.56 Å². The summed E-state index contributed by atoms with van der Waals surface area (Å²) in [6.45, 7) is 0.814. The van der Waals surface area contributed by atoms with Gasteiger partial charge in [0, 0.05) is 34.6 Å². The van der Waals surface area contributed by atoms with Crippen LogP contribution in [0.4, 0.5) is 0 Å². The number of aromatic nitrogens is 1. The second kappa shape index (κ2) is 7.11. The van der Waals surface area contributed by atoms with Crippen molar-refractivity contribution in [3.8, 4) is 11.1 Å². The molecule has 1 atom stereocenters. The van der Waals surface area contributed by atoms with Crippen LogP contribution in [0.2, 0.25) is 0 Å². The van der Waals surface area contributed by atoms with Crippen molar-refractivity contribution in [2.75, 3.05) is 0 Å². The average molecular weight is 403 g/mol. The molecule has 4 rings (SSSR count). The molecule has 3 aromatic rings. The van der Waals surface area contributed by atoms with Gasteiger partial charge in [-0.1, -0.05) is 36.4 Å². The second-order valence-electron chi connectivity index (χ2n) is 7.18. The number of carbonyl (C=O) groups is 3. The van der Waals surface area contributed by atoms with E-state index in [-0.39, 0.29) is 17.5 Å². The number of aliphatic hydroxyl groups excluding tert-OH is 1. The Morgan fingerprint density at radius 1 is 1.07 bits per heavy atom. The summed E-state index contributed by atoms with van der Waals surface area (Å²) in [6.07, 6.45) is 2.64. The fourth-order valence-electron chi connectivity index (χ4n) is 3.78. The molecule has 2 aromatic carbocycles. The van der Waals surface area contributed by atoms with Gasteiger partial charge in [0.1, 0.15) is 11.7 Å². The molecule has 0 fully saturated rings. The minimum atomic E-state index is -1.38. The van der Waals surface area contributed by atoms with Crippen molar-refractivity contribution in [1.82, 2.24) is 4.57 Å². The van der Waals surface area contributed by atoms with Crippen molar-refractivity contribution in [2.45, 2.75) is 13.5 Å². The average Bonchev–Trinajstić information content (AvgIpc) is 2.72. The van der Waals surface area contributed by atoms with Gasteiger partial charge in [-0.25, -0.2) is 0 Å². The standard InChI is InChI=1S/C23H17NO6/c1-12(25)17(23(29)30)11-24-10-14-9-18(26)21(27)20-15(13-5-3-2-4-6-13)7-8-16(19(14)20)22(24)28/h2-10,17,26H,11H2,1H3,(H,29,30)/t17-/m1/s1. The number of aliphatic hydroxyl groups is 1. The van der Waals surface area contributed by atoms with Crippen LogP contribution in [0.3, 0.4) is 0 Å². The highest BCUT2D eigenvalue weighted by Crippen LogP contribution is 2.36. The first-order chi connectivity index (χ1) is 14.3. The van der Waals surface area contributed by atoms with Crippen molar-refractivity contribution in [3.05, 3.63) is 75.9 Å². The van der Waals surface area contributed by atoms with Gasteiger partial charge in [-0.3, -0.25) is 19.2 Å². The summed E-state index contributed by atoms with van der Waals surface area (Å²) in [5, 5.41) is 20.2. The summed E-state index contributed by atoms with van der Waals surface area (Å²) in [6, 6.07) is 12.4. The van der Waals surface area contributed by atoms with E-state index in [9.17, 15) is 29.4 Å². The third kappa shape index (κ3) is 3.00. The van der Waals surface area contributed by atoms with Crippen molar-refractivity contribution in [1.29, 1.82) is 0 Å². The summed E-state index contributed by atoms with van der Waals surface area (Å²) in [5.74, 6) is -4.33. The molecule has 0 spiro atoms. The SMILES string of the molecule is CC(=O)[C@@H](Cn1cc2c3c(c(-c4ccccc4)ccc3c1=O)C(=O)C(O)=C2)C(=O)O. The number of carboxylic acid groups (broad SMARTS) is 1. The van der Waals surface area contributed by atoms with Crippen LogP contribution < -0.4 is 5.56 Å². The van der Waals surface area contributed by atoms with E-state index < -0.39 is 34.8 Å². The van der Waals surface area contributed by atoms with Crippen LogP contribution >= 0.6 is 0 Å². The van der Waals surface area contributed by atoms with Gasteiger partial charge in [-0.2, -0.15) is 0 Å². The molecule has 0 saturated carbocycles. The van der Waals surface area contributed by atoms with Gasteiger partial charge in [0.15, 0.2) is 5.76 Å². The number of Topliss-reactive ketones (excluding diaryl/α,β-unsaturated/α-hetero) is 2. The number of benzene rings is 2. The molecule has 7 heteroatoms. The smallest absolute Gasteiger partial charge is 0.315 e. The van der Waals surface area contributed by atoms with E-state index in [4.69, 9.17) is 0 Å². The Morgan fingerprint density at radius 3 is 2.40 bits per heavy atom. The third-order valence-corrected chi connectivity index (χ3v) is 5.29. The van der Waals surface area contributed by atoms with Crippen LogP contribution in [0.25, 0.3) is 28.0 Å². The normalized spacial score (nSPS) is 13.8. The number of allylic oxidation sites excluding steroid dienone is 1. The summed E-state index contributed by atoms with van der Waals surface area (Å²) in [7, 11) is 0. The van der Waals surface area contributed by atoms with Crippen LogP contribution in [0.5, 0.6) is 0 Å². The van der Waals surface area contributed by atoms with E-state index in [1.807, 2.05) is 30.3 Å². The first-order valence-electron chi connectivity index (χ1n) is 9.23. The molecule has 7 nitrogen and oxygen atoms in total. The lowest BCUT2D eigenvalue weighted by molar-refractivity contribution is -0.146. The van der Waals surface area contributed by atoms with Crippen LogP contribution in [-0.4, -0.2) is 32.3 Å². The number of hydrogen-bond acceptors (Lipinski definition) is 5. The largest absolute Gasteiger partial charge is 0.504 e. The minimum Gasteiger partial charge on any atom is -0.504 e. The molecular weight excluding hydrogens is 386 g/mol. The van der Waals surface area contributed by atoms with Crippen molar-refractivity contribution in [2.24, 2.45) is 5.92 Å². The van der Waals surface area contributed by atoms with Gasteiger partial charge in [-0.15, -0.1) is 0 Å². The minimum absolute atomic E-state index is 0.215. The van der Waals surface area contributed by atoms with E-state index in [1.54, 1.807) is 12.1 Å². The van der Waals surface area contributed by atoms with E-state index in [1.165, 1.54) is 12.3 Å². The van der Waals surface area contributed by atoms with Crippen molar-refractivity contribution < 1.29 is 24.6 Å². The number of ketones is 2. The molecule has 0 amide bonds. The Labute approximate surface area is 170 Å². The Balaban J connectivity index is 2.01. The number of rotatable bonds is 5. The topological polar surface area (TPSA) is 114 Å². The Kier molecular flexibility index (Phi) is 4.58. The lowest BCUT2D eigenvalue weighted by Gasteiger charge is -2.20. The highest BCUT2D eigenvalue weighted by molar-refractivity contribution is 6.24. The maximum atomic E-state index is 13.1. The number of nitrogens with zero attached hydrogens (tertiary/aromatic N) is 1. The lowest BCUT2D eigenvalue weighted by atomic mass is 9.86. The molecule has 2 N–H and O–H groups in total. The zero-order chi connectivity index (χ0) is 21.6. The quantitative estimate of drug-likeness (QED) is 0.633. The molecule has 0 bridgehead atoms. The Hall–Kier alpha value is -4.00. The Bertz CT molecular complexity index is 1300. The first kappa shape index (κ1) is 19.3. The highest BCUT2D eigenvalue weighted by Gasteiger charge is 2.29. The molecule has 150 valence electrons. The summed E-state index contributed by atoms with van der Waals surface area (Å²) in [5.41, 5.74) is 1.46. The molecule has 0 saturated heterocycles. The van der Waals surface area contributed by atoms with Crippen molar-refractivity contribution in [3.63, 3.8) is 0 Å². The molecule has 1 aromatic heterocycles. The summed E-state index contributed by atoms with van der Waals surface area (Å²) < 4.78 is 1.14. The van der Waals surface area contributed by atoms with E-state index in [2.05, 4.69) is 0 Å². The van der Waals surface area contributed by atoms with Crippen LogP contribution in [-0.2, 0) is 16.1 Å². The highest BCUT2D eigenvalue weighted by atomic mass is 16.4. The predicted molar refractivity (Wildman–Crippen MR) is 110 cm³/mol. The maximum absolute atomic E-state index is 13.1.